The van der Waals surface area contributed by atoms with Crippen LogP contribution in [0.4, 0.5) is 0 Å². The van der Waals surface area contributed by atoms with Crippen molar-refractivity contribution in [2.45, 2.75) is 0 Å². The smallest absolute Gasteiger partial charge is 0.0547 e. The van der Waals surface area contributed by atoms with Crippen LogP contribution in [0.3, 0.4) is 0 Å². The molecular weight excluding hydrogens is 749 g/mol. The fourth-order valence-corrected chi connectivity index (χ4v) is 9.62. The highest BCUT2D eigenvalue weighted by atomic mass is 15.0. The molecule has 2 nitrogen and oxygen atoms in total. The van der Waals surface area contributed by atoms with E-state index in [1.165, 1.54) is 99.2 Å². The maximum absolute atomic E-state index is 2.48. The van der Waals surface area contributed by atoms with Crippen molar-refractivity contribution >= 4 is 43.6 Å². The van der Waals surface area contributed by atoms with Crippen LogP contribution in [0.25, 0.3) is 111 Å². The minimum absolute atomic E-state index is 1.15. The topological polar surface area (TPSA) is 9.86 Å². The van der Waals surface area contributed by atoms with Crippen molar-refractivity contribution in [2.75, 3.05) is 0 Å². The van der Waals surface area contributed by atoms with E-state index in [4.69, 9.17) is 0 Å². The maximum atomic E-state index is 2.48. The molecule has 2 heteroatoms. The molecule has 62 heavy (non-hydrogen) atoms. The second-order valence-corrected chi connectivity index (χ2v) is 16.1. The predicted octanol–water partition coefficient (Wildman–Crippen LogP) is 16.2. The van der Waals surface area contributed by atoms with E-state index < -0.39 is 0 Å². The van der Waals surface area contributed by atoms with Crippen molar-refractivity contribution in [3.8, 4) is 67.0 Å². The van der Waals surface area contributed by atoms with Crippen LogP contribution < -0.4 is 0 Å². The van der Waals surface area contributed by atoms with E-state index >= 15 is 0 Å². The first-order valence-corrected chi connectivity index (χ1v) is 21.3. The second-order valence-electron chi connectivity index (χ2n) is 16.1. The molecule has 0 fully saturated rings. The lowest BCUT2D eigenvalue weighted by Crippen LogP contribution is -1.98. The molecule has 0 atom stereocenters. The van der Waals surface area contributed by atoms with Crippen molar-refractivity contribution in [1.29, 1.82) is 0 Å². The lowest BCUT2D eigenvalue weighted by molar-refractivity contribution is 1.18. The van der Waals surface area contributed by atoms with Gasteiger partial charge in [-0.25, -0.2) is 0 Å². The average molecular weight is 789 g/mol. The predicted molar refractivity (Wildman–Crippen MR) is 262 cm³/mol. The molecule has 2 heterocycles. The summed E-state index contributed by atoms with van der Waals surface area (Å²) in [6.07, 6.45) is 0. The first-order chi connectivity index (χ1) is 30.8. The van der Waals surface area contributed by atoms with E-state index in [0.29, 0.717) is 0 Å². The van der Waals surface area contributed by atoms with Crippen molar-refractivity contribution in [1.82, 2.24) is 9.13 Å². The number of aromatic nitrogens is 2. The summed E-state index contributed by atoms with van der Waals surface area (Å²) < 4.78 is 4.89. The highest BCUT2D eigenvalue weighted by Crippen LogP contribution is 2.43. The average Bonchev–Trinajstić information content (AvgIpc) is 3.87. The summed E-state index contributed by atoms with van der Waals surface area (Å²) in [4.78, 5) is 0. The SMILES string of the molecule is c1ccc(-c2ccc(-n3c4ccccc4c4cc(-c5ccc6c(c5)c5c(-c7ccccc7)cccc5n6-c5ccc(-c6ccccc6)cc5-c5ccccc5)ccc43)cc2)cc1. The van der Waals surface area contributed by atoms with Crippen LogP contribution in [0, 0.1) is 0 Å². The Hall–Kier alpha value is -8.20. The molecule has 0 aliphatic rings. The molecule has 0 saturated carbocycles. The molecule has 0 aliphatic heterocycles. The zero-order valence-corrected chi connectivity index (χ0v) is 34.0. The molecule has 12 aromatic rings. The van der Waals surface area contributed by atoms with Crippen LogP contribution in [-0.4, -0.2) is 9.13 Å². The van der Waals surface area contributed by atoms with Crippen molar-refractivity contribution in [3.63, 3.8) is 0 Å². The van der Waals surface area contributed by atoms with Crippen molar-refractivity contribution in [3.05, 3.63) is 243 Å². The van der Waals surface area contributed by atoms with E-state index in [1.807, 2.05) is 0 Å². The Kier molecular flexibility index (Phi) is 8.53. The molecule has 0 radical (unpaired) electrons. The lowest BCUT2D eigenvalue weighted by atomic mass is 9.97. The molecule has 0 N–H and O–H groups in total. The molecule has 10 aromatic carbocycles. The Morgan fingerprint density at radius 3 is 1.34 bits per heavy atom. The van der Waals surface area contributed by atoms with Gasteiger partial charge in [-0.15, -0.1) is 0 Å². The number of rotatable bonds is 7. The van der Waals surface area contributed by atoms with Gasteiger partial charge >= 0.3 is 0 Å². The van der Waals surface area contributed by atoms with E-state index in [-0.39, 0.29) is 0 Å². The van der Waals surface area contributed by atoms with E-state index in [0.717, 1.165) is 11.4 Å². The molecule has 0 unspecified atom stereocenters. The van der Waals surface area contributed by atoms with Gasteiger partial charge in [-0.1, -0.05) is 182 Å². The van der Waals surface area contributed by atoms with Gasteiger partial charge in [0.15, 0.2) is 0 Å². The van der Waals surface area contributed by atoms with Gasteiger partial charge in [-0.2, -0.15) is 0 Å². The number of nitrogens with zero attached hydrogens (tertiary/aromatic N) is 2. The lowest BCUT2D eigenvalue weighted by Gasteiger charge is -2.16. The fourth-order valence-electron chi connectivity index (χ4n) is 9.62. The maximum Gasteiger partial charge on any atom is 0.0547 e. The molecule has 0 spiro atoms. The van der Waals surface area contributed by atoms with Crippen LogP contribution in [0.5, 0.6) is 0 Å². The summed E-state index contributed by atoms with van der Waals surface area (Å²) >= 11 is 0. The molecule has 12 rings (SSSR count). The van der Waals surface area contributed by atoms with Crippen molar-refractivity contribution < 1.29 is 0 Å². The van der Waals surface area contributed by atoms with Gasteiger partial charge < -0.3 is 9.13 Å². The van der Waals surface area contributed by atoms with Gasteiger partial charge in [-0.05, 0) is 111 Å². The standard InChI is InChI=1S/C60H40N2/c1-5-16-41(17-6-1)43-28-33-49(34-29-43)61-55-26-14-13-24-51(55)53-39-47(31-36-57(53)61)48-32-37-58-54(40-48)60-50(44-20-9-3-10-21-44)25-15-27-59(60)62(58)56-35-30-46(42-18-7-2-8-19-42)38-52(56)45-22-11-4-12-23-45/h1-40H. The first kappa shape index (κ1) is 35.7. The Morgan fingerprint density at radius 1 is 0.226 bits per heavy atom. The normalized spacial score (nSPS) is 11.5. The summed E-state index contributed by atoms with van der Waals surface area (Å²) in [7, 11) is 0. The number of fused-ring (bicyclic) bond motifs is 6. The summed E-state index contributed by atoms with van der Waals surface area (Å²) in [5.41, 5.74) is 19.1. The molecule has 0 amide bonds. The molecule has 0 aliphatic carbocycles. The number of hydrogen-bond donors (Lipinski definition) is 0. The van der Waals surface area contributed by atoms with Gasteiger partial charge in [0.1, 0.15) is 0 Å². The monoisotopic (exact) mass is 788 g/mol. The Balaban J connectivity index is 1.06. The molecule has 2 aromatic heterocycles. The Bertz CT molecular complexity index is 3580. The first-order valence-electron chi connectivity index (χ1n) is 21.3. The van der Waals surface area contributed by atoms with Crippen LogP contribution in [0.15, 0.2) is 243 Å². The van der Waals surface area contributed by atoms with E-state index in [1.54, 1.807) is 0 Å². The third-order valence-electron chi connectivity index (χ3n) is 12.5. The highest BCUT2D eigenvalue weighted by Gasteiger charge is 2.21. The van der Waals surface area contributed by atoms with Gasteiger partial charge in [0.2, 0.25) is 0 Å². The summed E-state index contributed by atoms with van der Waals surface area (Å²) in [6, 6.07) is 88.4. The fraction of sp³-hybridized carbons (Fsp3) is 0. The largest absolute Gasteiger partial charge is 0.309 e. The number of hydrogen-bond acceptors (Lipinski definition) is 0. The summed E-state index contributed by atoms with van der Waals surface area (Å²) in [5.74, 6) is 0. The molecule has 0 saturated heterocycles. The number of para-hydroxylation sites is 1. The molecule has 0 bridgehead atoms. The van der Waals surface area contributed by atoms with Gasteiger partial charge in [0.05, 0.1) is 27.8 Å². The summed E-state index contributed by atoms with van der Waals surface area (Å²) in [5, 5.41) is 4.96. The zero-order chi connectivity index (χ0) is 41.0. The quantitative estimate of drug-likeness (QED) is 0.152. The highest BCUT2D eigenvalue weighted by molar-refractivity contribution is 6.17. The minimum atomic E-state index is 1.15. The van der Waals surface area contributed by atoms with E-state index in [9.17, 15) is 0 Å². The zero-order valence-electron chi connectivity index (χ0n) is 34.0. The van der Waals surface area contributed by atoms with Crippen LogP contribution in [-0.2, 0) is 0 Å². The second kappa shape index (κ2) is 14.8. The van der Waals surface area contributed by atoms with Crippen LogP contribution in [0.1, 0.15) is 0 Å². The minimum Gasteiger partial charge on any atom is -0.309 e. The molecule has 290 valence electrons. The van der Waals surface area contributed by atoms with Crippen molar-refractivity contribution in [2.24, 2.45) is 0 Å². The third kappa shape index (κ3) is 5.96. The van der Waals surface area contributed by atoms with E-state index in [2.05, 4.69) is 252 Å². The Labute approximate surface area is 360 Å². The van der Waals surface area contributed by atoms with Gasteiger partial charge in [0, 0.05) is 32.8 Å². The van der Waals surface area contributed by atoms with Gasteiger partial charge in [0.25, 0.3) is 0 Å². The van der Waals surface area contributed by atoms with Gasteiger partial charge in [-0.3, -0.25) is 0 Å². The van der Waals surface area contributed by atoms with Crippen LogP contribution >= 0.6 is 0 Å². The molecular formula is C60H40N2. The third-order valence-corrected chi connectivity index (χ3v) is 12.5. The van der Waals surface area contributed by atoms with Crippen LogP contribution in [0.2, 0.25) is 0 Å². The Morgan fingerprint density at radius 2 is 0.677 bits per heavy atom. The number of benzene rings is 10. The summed E-state index contributed by atoms with van der Waals surface area (Å²) in [6.45, 7) is 0.